The Morgan fingerprint density at radius 1 is 1.00 bits per heavy atom. The first-order chi connectivity index (χ1) is 11.5. The molecular weight excluding hydrogens is 332 g/mol. The zero-order valence-corrected chi connectivity index (χ0v) is 13.6. The van der Waals surface area contributed by atoms with Crippen molar-refractivity contribution >= 4 is 21.5 Å². The van der Waals surface area contributed by atoms with E-state index in [9.17, 15) is 18.5 Å². The maximum Gasteiger partial charge on any atom is 0.274 e. The fourth-order valence-electron chi connectivity index (χ4n) is 2.64. The van der Waals surface area contributed by atoms with Gasteiger partial charge in [-0.3, -0.25) is 15.0 Å². The number of nitrogens with zero attached hydrogens (tertiary/aromatic N) is 3. The molecule has 2 aromatic rings. The number of piperazine rings is 1. The van der Waals surface area contributed by atoms with E-state index >= 15 is 0 Å². The van der Waals surface area contributed by atoms with Crippen molar-refractivity contribution in [2.45, 2.75) is 4.90 Å². The molecule has 0 bridgehead atoms. The quantitative estimate of drug-likeness (QED) is 0.604. The van der Waals surface area contributed by atoms with Crippen LogP contribution in [0.4, 0.5) is 11.5 Å². The minimum atomic E-state index is -3.64. The minimum absolute atomic E-state index is 0.0767. The summed E-state index contributed by atoms with van der Waals surface area (Å²) < 4.78 is 26.7. The second kappa shape index (κ2) is 6.54. The number of sulfonamides is 1. The van der Waals surface area contributed by atoms with Gasteiger partial charge >= 0.3 is 0 Å². The highest BCUT2D eigenvalue weighted by Crippen LogP contribution is 2.21. The lowest BCUT2D eigenvalue weighted by Gasteiger charge is -2.30. The van der Waals surface area contributed by atoms with Crippen molar-refractivity contribution in [2.24, 2.45) is 0 Å². The number of nitrogens with one attached hydrogen (secondary N) is 1. The van der Waals surface area contributed by atoms with E-state index in [1.807, 2.05) is 24.4 Å². The van der Waals surface area contributed by atoms with Crippen LogP contribution in [-0.4, -0.2) is 43.8 Å². The lowest BCUT2D eigenvalue weighted by atomic mass is 10.3. The molecule has 0 saturated carbocycles. The van der Waals surface area contributed by atoms with E-state index < -0.39 is 14.9 Å². The Morgan fingerprint density at radius 3 is 2.21 bits per heavy atom. The number of hydrogen-bond acceptors (Lipinski definition) is 5. The van der Waals surface area contributed by atoms with Crippen LogP contribution in [0.15, 0.2) is 53.6 Å². The van der Waals surface area contributed by atoms with Crippen LogP contribution in [0.1, 0.15) is 0 Å². The van der Waals surface area contributed by atoms with E-state index in [4.69, 9.17) is 0 Å². The standard InChI is InChI=1S/C15H16N4O4S/c20-19(21)13-4-6-14(7-5-13)24(22,23)18-11-9-17(10-12-18)15-3-1-2-8-16-15/h1-8H,9-12H2/p+1. The molecule has 2 heterocycles. The molecule has 0 atom stereocenters. The molecule has 1 aromatic heterocycles. The van der Waals surface area contributed by atoms with Crippen molar-refractivity contribution in [1.82, 2.24) is 4.31 Å². The second-order valence-corrected chi connectivity index (χ2v) is 7.33. The molecule has 126 valence electrons. The van der Waals surface area contributed by atoms with Gasteiger partial charge in [0.05, 0.1) is 42.2 Å². The summed E-state index contributed by atoms with van der Waals surface area (Å²) in [5.74, 6) is 0.949. The number of rotatable bonds is 4. The largest absolute Gasteiger partial charge is 0.274 e. The van der Waals surface area contributed by atoms with Crippen molar-refractivity contribution in [1.29, 1.82) is 0 Å². The van der Waals surface area contributed by atoms with Crippen LogP contribution in [-0.2, 0) is 10.0 Å². The number of H-pyrrole nitrogens is 1. The van der Waals surface area contributed by atoms with Gasteiger partial charge in [-0.1, -0.05) is 6.07 Å². The monoisotopic (exact) mass is 349 g/mol. The highest BCUT2D eigenvalue weighted by atomic mass is 32.2. The molecule has 24 heavy (non-hydrogen) atoms. The van der Waals surface area contributed by atoms with Crippen LogP contribution >= 0.6 is 0 Å². The average Bonchev–Trinajstić information content (AvgIpc) is 2.62. The molecule has 1 aromatic carbocycles. The number of non-ortho nitro benzene ring substituents is 1. The highest BCUT2D eigenvalue weighted by Gasteiger charge is 2.31. The molecule has 1 fully saturated rings. The number of benzene rings is 1. The lowest BCUT2D eigenvalue weighted by molar-refractivity contribution is -0.384. The first-order valence-electron chi connectivity index (χ1n) is 7.45. The summed E-state index contributed by atoms with van der Waals surface area (Å²) in [6, 6.07) is 10.7. The smallest absolute Gasteiger partial charge is 0.259 e. The Bertz CT molecular complexity index is 816. The number of nitro groups is 1. The maximum atomic E-state index is 12.6. The molecular formula is C15H17N4O4S+. The molecule has 0 amide bonds. The third kappa shape index (κ3) is 3.22. The Balaban J connectivity index is 1.72. The summed E-state index contributed by atoms with van der Waals surface area (Å²) >= 11 is 0. The fourth-order valence-corrected chi connectivity index (χ4v) is 4.06. The van der Waals surface area contributed by atoms with Gasteiger partial charge < -0.3 is 0 Å². The van der Waals surface area contributed by atoms with Gasteiger partial charge in [0.2, 0.25) is 10.0 Å². The van der Waals surface area contributed by atoms with E-state index in [0.29, 0.717) is 26.2 Å². The summed E-state index contributed by atoms with van der Waals surface area (Å²) in [5, 5.41) is 10.7. The zero-order valence-electron chi connectivity index (χ0n) is 12.8. The number of anilines is 1. The first kappa shape index (κ1) is 16.3. The SMILES string of the molecule is O=[N+]([O-])c1ccc(S(=O)(=O)N2CCN(c3cccc[nH+]3)CC2)cc1. The van der Waals surface area contributed by atoms with Gasteiger partial charge in [0.1, 0.15) is 0 Å². The van der Waals surface area contributed by atoms with E-state index in [1.54, 1.807) is 0 Å². The summed E-state index contributed by atoms with van der Waals surface area (Å²) in [5.41, 5.74) is -0.126. The number of aromatic nitrogens is 1. The normalized spacial score (nSPS) is 16.1. The fraction of sp³-hybridized carbons (Fsp3) is 0.267. The molecule has 1 aliphatic heterocycles. The van der Waals surface area contributed by atoms with Crippen LogP contribution in [0.5, 0.6) is 0 Å². The number of pyridine rings is 1. The van der Waals surface area contributed by atoms with Gasteiger partial charge in [-0.15, -0.1) is 0 Å². The van der Waals surface area contributed by atoms with Crippen molar-refractivity contribution in [2.75, 3.05) is 31.1 Å². The van der Waals surface area contributed by atoms with Gasteiger partial charge in [0.15, 0.2) is 0 Å². The highest BCUT2D eigenvalue weighted by molar-refractivity contribution is 7.89. The van der Waals surface area contributed by atoms with E-state index in [-0.39, 0.29) is 10.6 Å². The second-order valence-electron chi connectivity index (χ2n) is 5.39. The molecule has 0 spiro atoms. The predicted molar refractivity (Wildman–Crippen MR) is 87.1 cm³/mol. The minimum Gasteiger partial charge on any atom is -0.259 e. The molecule has 0 unspecified atom stereocenters. The van der Waals surface area contributed by atoms with Crippen LogP contribution < -0.4 is 9.88 Å². The lowest BCUT2D eigenvalue weighted by Crippen LogP contribution is -2.49. The van der Waals surface area contributed by atoms with E-state index in [0.717, 1.165) is 5.82 Å². The number of nitro benzene ring substituents is 1. The Labute approximate surface area is 139 Å². The molecule has 1 saturated heterocycles. The first-order valence-corrected chi connectivity index (χ1v) is 8.89. The topological polar surface area (TPSA) is 97.9 Å². The summed E-state index contributed by atoms with van der Waals surface area (Å²) in [4.78, 5) is 15.4. The van der Waals surface area contributed by atoms with Gasteiger partial charge in [-0.2, -0.15) is 4.31 Å². The average molecular weight is 349 g/mol. The molecule has 1 N–H and O–H groups in total. The molecule has 0 radical (unpaired) electrons. The number of aromatic amines is 1. The van der Waals surface area contributed by atoms with Crippen molar-refractivity contribution in [3.05, 3.63) is 58.8 Å². The van der Waals surface area contributed by atoms with Crippen LogP contribution in [0.25, 0.3) is 0 Å². The Morgan fingerprint density at radius 2 is 1.67 bits per heavy atom. The van der Waals surface area contributed by atoms with Crippen LogP contribution in [0.2, 0.25) is 0 Å². The summed E-state index contributed by atoms with van der Waals surface area (Å²) in [7, 11) is -3.64. The number of hydrogen-bond donors (Lipinski definition) is 0. The molecule has 0 aliphatic carbocycles. The maximum absolute atomic E-state index is 12.6. The zero-order chi connectivity index (χ0) is 17.2. The summed E-state index contributed by atoms with van der Waals surface area (Å²) in [6.07, 6.45) is 1.83. The predicted octanol–water partition coefficient (Wildman–Crippen LogP) is 0.920. The van der Waals surface area contributed by atoms with E-state index in [1.165, 1.54) is 28.6 Å². The third-order valence-corrected chi connectivity index (χ3v) is 5.87. The van der Waals surface area contributed by atoms with Gasteiger partial charge in [0, 0.05) is 18.2 Å². The molecule has 9 heteroatoms. The third-order valence-electron chi connectivity index (χ3n) is 3.96. The Hall–Kier alpha value is -2.52. The van der Waals surface area contributed by atoms with Gasteiger partial charge in [0.25, 0.3) is 11.5 Å². The van der Waals surface area contributed by atoms with Gasteiger partial charge in [-0.05, 0) is 18.2 Å². The molecule has 8 nitrogen and oxygen atoms in total. The van der Waals surface area contributed by atoms with Gasteiger partial charge in [-0.25, -0.2) is 13.4 Å². The summed E-state index contributed by atoms with van der Waals surface area (Å²) in [6.45, 7) is 1.88. The van der Waals surface area contributed by atoms with E-state index in [2.05, 4.69) is 9.88 Å². The van der Waals surface area contributed by atoms with Crippen LogP contribution in [0.3, 0.4) is 0 Å². The van der Waals surface area contributed by atoms with Crippen molar-refractivity contribution in [3.63, 3.8) is 0 Å². The molecule has 1 aliphatic rings. The van der Waals surface area contributed by atoms with Crippen molar-refractivity contribution in [3.8, 4) is 0 Å². The molecule has 3 rings (SSSR count). The Kier molecular flexibility index (Phi) is 4.45. The van der Waals surface area contributed by atoms with Crippen molar-refractivity contribution < 1.29 is 18.3 Å². The van der Waals surface area contributed by atoms with Crippen LogP contribution in [0, 0.1) is 10.1 Å².